The number of aliphatic hydroxyl groups excluding tert-OH is 5. The predicted octanol–water partition coefficient (Wildman–Crippen LogP) is 0.556. The molecule has 14 nitrogen and oxygen atoms in total. The van der Waals surface area contributed by atoms with E-state index in [1.165, 1.54) is 0 Å². The van der Waals surface area contributed by atoms with E-state index in [1.54, 1.807) is 41.2 Å². The molecule has 4 heterocycles. The number of nitrogens with one attached hydrogen (secondary N) is 1. The van der Waals surface area contributed by atoms with Gasteiger partial charge in [0.2, 0.25) is 5.91 Å². The molecular weight excluding hydrogens is 691 g/mol. The second-order valence-electron chi connectivity index (χ2n) is 14.8. The molecule has 2 aromatic rings. The SMILES string of the molecule is C=CCN1C(=O)[C@]2(O[C@H](CC(=O)N3CCC[C@H]3CO)[C@@H]([Si](C)(C)c3ccc(OC)cc3)[C@@H]2C)c2cc(NC(=O)[C@H]3O[C@@H](O)[C@H](O)[C@@H](O)[C@@H]3O)ccc21. The third-order valence-electron chi connectivity index (χ3n) is 11.5. The summed E-state index contributed by atoms with van der Waals surface area (Å²) in [7, 11) is -0.986. The third-order valence-corrected chi connectivity index (χ3v) is 15.9. The summed E-state index contributed by atoms with van der Waals surface area (Å²) in [6.07, 6.45) is -6.63. The molecule has 6 N–H and O–H groups in total. The highest BCUT2D eigenvalue weighted by atomic mass is 28.3. The Morgan fingerprint density at radius 3 is 2.46 bits per heavy atom. The van der Waals surface area contributed by atoms with Crippen LogP contribution in [0.4, 0.5) is 11.4 Å². The summed E-state index contributed by atoms with van der Waals surface area (Å²) < 4.78 is 17.6. The predicted molar refractivity (Wildman–Crippen MR) is 193 cm³/mol. The Morgan fingerprint density at radius 2 is 1.81 bits per heavy atom. The average molecular weight is 740 g/mol. The second-order valence-corrected chi connectivity index (χ2v) is 19.5. The van der Waals surface area contributed by atoms with E-state index < -0.39 is 62.3 Å². The summed E-state index contributed by atoms with van der Waals surface area (Å²) in [5, 5.41) is 54.3. The first-order valence-electron chi connectivity index (χ1n) is 17.7. The van der Waals surface area contributed by atoms with Gasteiger partial charge in [-0.2, -0.15) is 0 Å². The molecule has 3 amide bonds. The molecule has 0 unspecified atom stereocenters. The fraction of sp³-hybridized carbons (Fsp3) is 0.541. The number of benzene rings is 2. The Kier molecular flexibility index (Phi) is 10.7. The number of ether oxygens (including phenoxy) is 3. The maximum Gasteiger partial charge on any atom is 0.264 e. The minimum Gasteiger partial charge on any atom is -0.497 e. The molecule has 6 rings (SSSR count). The van der Waals surface area contributed by atoms with Gasteiger partial charge in [-0.3, -0.25) is 14.4 Å². The van der Waals surface area contributed by atoms with Crippen molar-refractivity contribution in [1.82, 2.24) is 4.90 Å². The molecule has 2 aromatic carbocycles. The molecule has 3 fully saturated rings. The van der Waals surface area contributed by atoms with Crippen molar-refractivity contribution in [3.05, 3.63) is 60.7 Å². The van der Waals surface area contributed by atoms with Crippen LogP contribution in [0.3, 0.4) is 0 Å². The summed E-state index contributed by atoms with van der Waals surface area (Å²) in [5.74, 6) is -1.11. The standard InChI is InChI=1S/C37H49N3O11Si/c1-6-15-40-26-14-9-21(38-34(46)32-30(44)29(43)31(45)35(47)50-32)17-25(26)37(36(40)48)20(2)33(52(4,5)24-12-10-23(49-3)11-13-24)27(51-37)18-28(42)39-16-7-8-22(39)19-41/h6,9-14,17,20,22,27,29-33,35,41,43-45,47H,1,7-8,15-16,18-19H2,2-5H3,(H,38,46)/t20-,22-,27+,29-,30-,31+,32-,33-,35+,37+/m0/s1. The second kappa shape index (κ2) is 14.6. The zero-order valence-corrected chi connectivity index (χ0v) is 30.8. The highest BCUT2D eigenvalue weighted by molar-refractivity contribution is 6.91. The molecule has 3 saturated heterocycles. The van der Waals surface area contributed by atoms with Crippen molar-refractivity contribution in [2.24, 2.45) is 5.92 Å². The van der Waals surface area contributed by atoms with Crippen LogP contribution in [0.1, 0.15) is 31.7 Å². The Hall–Kier alpha value is -3.67. The van der Waals surface area contributed by atoms with Crippen molar-refractivity contribution >= 4 is 42.4 Å². The number of aliphatic hydroxyl groups is 5. The number of carbonyl (C=O) groups is 3. The number of nitrogens with zero attached hydrogens (tertiary/aromatic N) is 2. The molecule has 0 aromatic heterocycles. The number of amides is 3. The zero-order chi connectivity index (χ0) is 37.7. The van der Waals surface area contributed by atoms with E-state index in [1.807, 2.05) is 31.2 Å². The van der Waals surface area contributed by atoms with Crippen LogP contribution in [0.5, 0.6) is 5.75 Å². The van der Waals surface area contributed by atoms with Crippen LogP contribution in [0, 0.1) is 5.92 Å². The van der Waals surface area contributed by atoms with Gasteiger partial charge in [0.15, 0.2) is 18.0 Å². The highest BCUT2D eigenvalue weighted by Crippen LogP contribution is 2.60. The van der Waals surface area contributed by atoms with Crippen LogP contribution in [0.2, 0.25) is 18.6 Å². The minimum absolute atomic E-state index is 0.00769. The largest absolute Gasteiger partial charge is 0.497 e. The monoisotopic (exact) mass is 739 g/mol. The van der Waals surface area contributed by atoms with E-state index in [0.717, 1.165) is 11.6 Å². The number of carbonyl (C=O) groups excluding carboxylic acids is 3. The summed E-state index contributed by atoms with van der Waals surface area (Å²) in [5.41, 5.74) is -0.543. The van der Waals surface area contributed by atoms with Crippen molar-refractivity contribution in [2.75, 3.05) is 37.0 Å². The van der Waals surface area contributed by atoms with E-state index in [9.17, 15) is 39.9 Å². The third kappa shape index (κ3) is 6.26. The van der Waals surface area contributed by atoms with E-state index in [-0.39, 0.29) is 48.7 Å². The Morgan fingerprint density at radius 1 is 1.10 bits per heavy atom. The molecule has 10 atom stereocenters. The highest BCUT2D eigenvalue weighted by Gasteiger charge is 2.66. The number of hydrogen-bond acceptors (Lipinski definition) is 11. The molecular formula is C37H49N3O11Si. The quantitative estimate of drug-likeness (QED) is 0.147. The molecule has 0 radical (unpaired) electrons. The Labute approximate surface area is 303 Å². The van der Waals surface area contributed by atoms with E-state index in [0.29, 0.717) is 30.0 Å². The smallest absolute Gasteiger partial charge is 0.264 e. The number of methoxy groups -OCH3 is 1. The van der Waals surface area contributed by atoms with Crippen LogP contribution in [-0.4, -0.2) is 126 Å². The van der Waals surface area contributed by atoms with Crippen LogP contribution in [0.15, 0.2) is 55.1 Å². The van der Waals surface area contributed by atoms with Crippen LogP contribution in [-0.2, 0) is 29.5 Å². The van der Waals surface area contributed by atoms with Crippen molar-refractivity contribution in [3.63, 3.8) is 0 Å². The molecule has 282 valence electrons. The normalized spacial score (nSPS) is 33.0. The number of anilines is 2. The van der Waals surface area contributed by atoms with Crippen molar-refractivity contribution in [2.45, 2.75) is 93.3 Å². The van der Waals surface area contributed by atoms with Gasteiger partial charge in [0.1, 0.15) is 24.1 Å². The van der Waals surface area contributed by atoms with Gasteiger partial charge in [0, 0.05) is 30.3 Å². The van der Waals surface area contributed by atoms with Crippen molar-refractivity contribution in [1.29, 1.82) is 0 Å². The maximum atomic E-state index is 14.8. The van der Waals surface area contributed by atoms with E-state index >= 15 is 0 Å². The molecule has 15 heteroatoms. The molecule has 0 saturated carbocycles. The van der Waals surface area contributed by atoms with Gasteiger partial charge < -0.3 is 54.9 Å². The van der Waals surface area contributed by atoms with Gasteiger partial charge in [-0.15, -0.1) is 6.58 Å². The van der Waals surface area contributed by atoms with Gasteiger partial charge >= 0.3 is 0 Å². The molecule has 4 aliphatic heterocycles. The minimum atomic E-state index is -2.59. The van der Waals surface area contributed by atoms with Crippen LogP contribution < -0.4 is 20.1 Å². The van der Waals surface area contributed by atoms with Gasteiger partial charge in [-0.25, -0.2) is 0 Å². The molecule has 0 aliphatic carbocycles. The topological polar surface area (TPSA) is 199 Å². The first kappa shape index (κ1) is 38.1. The fourth-order valence-electron chi connectivity index (χ4n) is 8.84. The Bertz CT molecular complexity index is 1690. The molecule has 1 spiro atoms. The van der Waals surface area contributed by atoms with Gasteiger partial charge in [-0.05, 0) is 48.7 Å². The average Bonchev–Trinajstić information content (AvgIpc) is 3.79. The number of hydrogen-bond donors (Lipinski definition) is 6. The number of rotatable bonds is 10. The van der Waals surface area contributed by atoms with Crippen LogP contribution >= 0.6 is 0 Å². The molecule has 52 heavy (non-hydrogen) atoms. The molecule has 4 aliphatic rings. The molecule has 0 bridgehead atoms. The van der Waals surface area contributed by atoms with Gasteiger partial charge in [-0.1, -0.05) is 43.4 Å². The van der Waals surface area contributed by atoms with Gasteiger partial charge in [0.05, 0.1) is 46.0 Å². The zero-order valence-electron chi connectivity index (χ0n) is 29.8. The maximum absolute atomic E-state index is 14.8. The summed E-state index contributed by atoms with van der Waals surface area (Å²) in [6.45, 7) is 10.8. The Balaban J connectivity index is 1.41. The van der Waals surface area contributed by atoms with E-state index in [2.05, 4.69) is 25.0 Å². The van der Waals surface area contributed by atoms with Crippen molar-refractivity contribution in [3.8, 4) is 5.75 Å². The lowest BCUT2D eigenvalue weighted by Crippen LogP contribution is -2.60. The van der Waals surface area contributed by atoms with Gasteiger partial charge in [0.25, 0.3) is 11.8 Å². The van der Waals surface area contributed by atoms with Crippen LogP contribution in [0.25, 0.3) is 0 Å². The lowest BCUT2D eigenvalue weighted by atomic mass is 9.82. The fourth-order valence-corrected chi connectivity index (χ4v) is 12.8. The first-order valence-corrected chi connectivity index (χ1v) is 20.8. The summed E-state index contributed by atoms with van der Waals surface area (Å²) >= 11 is 0. The van der Waals surface area contributed by atoms with E-state index in [4.69, 9.17) is 14.2 Å². The summed E-state index contributed by atoms with van der Waals surface area (Å²) in [4.78, 5) is 45.4. The summed E-state index contributed by atoms with van der Waals surface area (Å²) in [6, 6.07) is 12.5. The van der Waals surface area contributed by atoms with Crippen molar-refractivity contribution < 1.29 is 54.1 Å². The first-order chi connectivity index (χ1) is 24.7. The lowest BCUT2D eigenvalue weighted by molar-refractivity contribution is -0.274. The number of fused-ring (bicyclic) bond motifs is 2. The lowest BCUT2D eigenvalue weighted by Gasteiger charge is -2.37. The number of likely N-dealkylation sites (tertiary alicyclic amines) is 1.